The minimum Gasteiger partial charge on any atom is -0.393 e. The normalized spacial score (nSPS) is 10.5. The minimum atomic E-state index is 0.383. The highest BCUT2D eigenvalue weighted by molar-refractivity contribution is 6.43. The number of nitrogens with two attached hydrogens (primary N) is 1. The molecule has 3 rings (SSSR count). The van der Waals surface area contributed by atoms with Crippen molar-refractivity contribution >= 4 is 51.9 Å². The quantitative estimate of drug-likeness (QED) is 0.599. The molecule has 0 aliphatic carbocycles. The van der Waals surface area contributed by atoms with E-state index in [1.54, 1.807) is 18.2 Å². The van der Waals surface area contributed by atoms with Gasteiger partial charge in [0.25, 0.3) is 0 Å². The van der Waals surface area contributed by atoms with Gasteiger partial charge in [0.15, 0.2) is 11.6 Å². The van der Waals surface area contributed by atoms with Crippen LogP contribution in [0.4, 0.5) is 28.7 Å². The van der Waals surface area contributed by atoms with Crippen molar-refractivity contribution in [3.8, 4) is 0 Å². The highest BCUT2D eigenvalue weighted by atomic mass is 35.5. The van der Waals surface area contributed by atoms with Crippen molar-refractivity contribution in [1.29, 1.82) is 0 Å². The Morgan fingerprint density at radius 2 is 1.58 bits per heavy atom. The van der Waals surface area contributed by atoms with E-state index in [2.05, 4.69) is 20.6 Å². The van der Waals surface area contributed by atoms with Crippen molar-refractivity contribution in [3.63, 3.8) is 0 Å². The third-order valence-corrected chi connectivity index (χ3v) is 4.22. The molecular formula is C17H15Cl2N5. The van der Waals surface area contributed by atoms with Gasteiger partial charge in [0.1, 0.15) is 12.0 Å². The van der Waals surface area contributed by atoms with E-state index in [4.69, 9.17) is 28.9 Å². The lowest BCUT2D eigenvalue weighted by atomic mass is 10.2. The molecule has 0 unspecified atom stereocenters. The fraction of sp³-hybridized carbons (Fsp3) is 0.0588. The van der Waals surface area contributed by atoms with E-state index >= 15 is 0 Å². The van der Waals surface area contributed by atoms with Crippen LogP contribution >= 0.6 is 23.2 Å². The summed E-state index contributed by atoms with van der Waals surface area (Å²) in [5.74, 6) is 0.957. The predicted molar refractivity (Wildman–Crippen MR) is 101 cm³/mol. The molecule has 0 saturated carbocycles. The van der Waals surface area contributed by atoms with E-state index in [1.807, 2.05) is 31.2 Å². The first-order valence-electron chi connectivity index (χ1n) is 7.20. The summed E-state index contributed by atoms with van der Waals surface area (Å²) in [6, 6.07) is 13.2. The van der Waals surface area contributed by atoms with Crippen LogP contribution in [-0.4, -0.2) is 9.97 Å². The molecule has 0 saturated heterocycles. The molecule has 1 aromatic heterocycles. The van der Waals surface area contributed by atoms with Crippen LogP contribution in [0.25, 0.3) is 0 Å². The third-order valence-electron chi connectivity index (χ3n) is 3.40. The Morgan fingerprint density at radius 1 is 0.917 bits per heavy atom. The molecule has 2 aromatic carbocycles. The first kappa shape index (κ1) is 16.4. The van der Waals surface area contributed by atoms with Crippen molar-refractivity contribution in [1.82, 2.24) is 9.97 Å². The van der Waals surface area contributed by atoms with Gasteiger partial charge in [-0.25, -0.2) is 9.97 Å². The largest absolute Gasteiger partial charge is 0.393 e. The average molecular weight is 360 g/mol. The molecular weight excluding hydrogens is 345 g/mol. The summed E-state index contributed by atoms with van der Waals surface area (Å²) >= 11 is 12.2. The number of benzene rings is 2. The topological polar surface area (TPSA) is 75.9 Å². The van der Waals surface area contributed by atoms with Crippen LogP contribution in [0.1, 0.15) is 5.56 Å². The van der Waals surface area contributed by atoms with E-state index in [1.165, 1.54) is 11.9 Å². The van der Waals surface area contributed by atoms with Gasteiger partial charge in [0.05, 0.1) is 15.7 Å². The standard InChI is InChI=1S/C17H15Cl2N5/c1-10-5-7-11(8-6-10)23-16-15(20)17(22-9-21-16)24-13-4-2-3-12(18)14(13)19/h2-9H,20H2,1H3,(H2,21,22,23,24). The number of rotatable bonds is 4. The lowest BCUT2D eigenvalue weighted by Gasteiger charge is -2.13. The van der Waals surface area contributed by atoms with Gasteiger partial charge in [-0.1, -0.05) is 47.0 Å². The molecule has 0 aliphatic rings. The molecule has 0 atom stereocenters. The third kappa shape index (κ3) is 3.53. The van der Waals surface area contributed by atoms with Gasteiger partial charge in [0.2, 0.25) is 0 Å². The molecule has 3 aromatic rings. The van der Waals surface area contributed by atoms with Crippen LogP contribution in [0.15, 0.2) is 48.8 Å². The van der Waals surface area contributed by atoms with Gasteiger partial charge in [-0.05, 0) is 31.2 Å². The predicted octanol–water partition coefficient (Wildman–Crippen LogP) is 5.16. The molecule has 122 valence electrons. The number of nitrogens with zero attached hydrogens (tertiary/aromatic N) is 2. The Kier molecular flexibility index (Phi) is 4.74. The Labute approximate surface area is 149 Å². The van der Waals surface area contributed by atoms with Crippen LogP contribution in [0.2, 0.25) is 10.0 Å². The Bertz CT molecular complexity index is 865. The van der Waals surface area contributed by atoms with E-state index in [-0.39, 0.29) is 0 Å². The summed E-state index contributed by atoms with van der Waals surface area (Å²) < 4.78 is 0. The highest BCUT2D eigenvalue weighted by Crippen LogP contribution is 2.34. The first-order chi connectivity index (χ1) is 11.5. The SMILES string of the molecule is Cc1ccc(Nc2ncnc(Nc3cccc(Cl)c3Cl)c2N)cc1. The summed E-state index contributed by atoms with van der Waals surface area (Å²) in [7, 11) is 0. The fourth-order valence-electron chi connectivity index (χ4n) is 2.10. The molecule has 0 fully saturated rings. The van der Waals surface area contributed by atoms with Crippen LogP contribution in [0.3, 0.4) is 0 Å². The number of aromatic nitrogens is 2. The molecule has 0 aliphatic heterocycles. The van der Waals surface area contributed by atoms with Crippen LogP contribution in [-0.2, 0) is 0 Å². The van der Waals surface area contributed by atoms with Crippen molar-refractivity contribution in [2.75, 3.05) is 16.4 Å². The van der Waals surface area contributed by atoms with Crippen molar-refractivity contribution in [2.45, 2.75) is 6.92 Å². The van der Waals surface area contributed by atoms with Crippen molar-refractivity contribution < 1.29 is 0 Å². The summed E-state index contributed by atoms with van der Waals surface area (Å²) in [5, 5.41) is 7.12. The summed E-state index contributed by atoms with van der Waals surface area (Å²) in [6.45, 7) is 2.03. The molecule has 0 radical (unpaired) electrons. The first-order valence-corrected chi connectivity index (χ1v) is 7.95. The van der Waals surface area contributed by atoms with E-state index < -0.39 is 0 Å². The zero-order chi connectivity index (χ0) is 17.1. The smallest absolute Gasteiger partial charge is 0.159 e. The van der Waals surface area contributed by atoms with Gasteiger partial charge in [0, 0.05) is 5.69 Å². The second kappa shape index (κ2) is 6.95. The van der Waals surface area contributed by atoms with Gasteiger partial charge < -0.3 is 16.4 Å². The zero-order valence-electron chi connectivity index (χ0n) is 12.8. The van der Waals surface area contributed by atoms with E-state index in [0.29, 0.717) is 33.1 Å². The molecule has 24 heavy (non-hydrogen) atoms. The number of halogens is 2. The zero-order valence-corrected chi connectivity index (χ0v) is 14.4. The summed E-state index contributed by atoms with van der Waals surface area (Å²) in [6.07, 6.45) is 1.42. The second-order valence-electron chi connectivity index (χ2n) is 5.20. The van der Waals surface area contributed by atoms with E-state index in [9.17, 15) is 0 Å². The van der Waals surface area contributed by atoms with Crippen molar-refractivity contribution in [2.24, 2.45) is 0 Å². The van der Waals surface area contributed by atoms with Crippen LogP contribution < -0.4 is 16.4 Å². The highest BCUT2D eigenvalue weighted by Gasteiger charge is 2.11. The van der Waals surface area contributed by atoms with E-state index in [0.717, 1.165) is 5.69 Å². The Balaban J connectivity index is 1.88. The molecule has 1 heterocycles. The minimum absolute atomic E-state index is 0.383. The maximum Gasteiger partial charge on any atom is 0.159 e. The number of aryl methyl sites for hydroxylation is 1. The average Bonchev–Trinajstić information content (AvgIpc) is 2.57. The van der Waals surface area contributed by atoms with Gasteiger partial charge in [-0.2, -0.15) is 0 Å². The van der Waals surface area contributed by atoms with Crippen LogP contribution in [0.5, 0.6) is 0 Å². The second-order valence-corrected chi connectivity index (χ2v) is 5.99. The molecule has 0 spiro atoms. The number of nitrogen functional groups attached to an aromatic ring is 1. The fourth-order valence-corrected chi connectivity index (χ4v) is 2.44. The Hall–Kier alpha value is -2.50. The number of anilines is 5. The maximum atomic E-state index is 6.19. The van der Waals surface area contributed by atoms with Gasteiger partial charge in [-0.3, -0.25) is 0 Å². The van der Waals surface area contributed by atoms with Gasteiger partial charge >= 0.3 is 0 Å². The number of hydrogen-bond acceptors (Lipinski definition) is 5. The summed E-state index contributed by atoms with van der Waals surface area (Å²) in [4.78, 5) is 8.36. The van der Waals surface area contributed by atoms with Gasteiger partial charge in [-0.15, -0.1) is 0 Å². The molecule has 4 N–H and O–H groups in total. The lowest BCUT2D eigenvalue weighted by Crippen LogP contribution is -2.05. The molecule has 5 nitrogen and oxygen atoms in total. The van der Waals surface area contributed by atoms with Crippen LogP contribution in [0, 0.1) is 6.92 Å². The lowest BCUT2D eigenvalue weighted by molar-refractivity contribution is 1.17. The summed E-state index contributed by atoms with van der Waals surface area (Å²) in [5.41, 5.74) is 9.24. The number of hydrogen-bond donors (Lipinski definition) is 3. The molecule has 0 bridgehead atoms. The van der Waals surface area contributed by atoms with Crippen molar-refractivity contribution in [3.05, 3.63) is 64.4 Å². The molecule has 7 heteroatoms. The number of nitrogens with one attached hydrogen (secondary N) is 2. The monoisotopic (exact) mass is 359 g/mol. The maximum absolute atomic E-state index is 6.19. The Morgan fingerprint density at radius 3 is 2.29 bits per heavy atom. The molecule has 0 amide bonds.